The summed E-state index contributed by atoms with van der Waals surface area (Å²) in [6, 6.07) is 0. The molecule has 2 nitrogen and oxygen atoms in total. The van der Waals surface area contributed by atoms with E-state index in [-0.39, 0.29) is 11.1 Å². The van der Waals surface area contributed by atoms with Gasteiger partial charge in [0.05, 0.1) is 11.1 Å². The highest BCUT2D eigenvalue weighted by Gasteiger charge is 2.19. The topological polar surface area (TPSA) is 24.7 Å². The fraction of sp³-hybridized carbons (Fsp3) is 1.00. The van der Waals surface area contributed by atoms with E-state index in [9.17, 15) is 0 Å². The second-order valence-corrected chi connectivity index (χ2v) is 5.32. The van der Waals surface area contributed by atoms with E-state index in [4.69, 9.17) is 0 Å². The standard InChI is InChI=1S/C12H26N2/c1-7-9-11(3,4)13-14-12(5,6)10-8-2/h7-10H2,1-6H3/b14-13+. The van der Waals surface area contributed by atoms with Gasteiger partial charge in [0.15, 0.2) is 0 Å². The van der Waals surface area contributed by atoms with Crippen LogP contribution in [0.2, 0.25) is 0 Å². The van der Waals surface area contributed by atoms with Crippen LogP contribution in [0.4, 0.5) is 0 Å². The highest BCUT2D eigenvalue weighted by Crippen LogP contribution is 2.22. The first-order chi connectivity index (χ1) is 6.33. The van der Waals surface area contributed by atoms with Crippen molar-refractivity contribution in [2.24, 2.45) is 10.2 Å². The van der Waals surface area contributed by atoms with Gasteiger partial charge >= 0.3 is 0 Å². The van der Waals surface area contributed by atoms with E-state index in [1.54, 1.807) is 0 Å². The average molecular weight is 198 g/mol. The average Bonchev–Trinajstić information content (AvgIpc) is 2.01. The summed E-state index contributed by atoms with van der Waals surface area (Å²) in [5, 5.41) is 8.92. The molecular formula is C12H26N2. The predicted molar refractivity (Wildman–Crippen MR) is 62.8 cm³/mol. The molecule has 0 radical (unpaired) electrons. The Morgan fingerprint density at radius 2 is 1.00 bits per heavy atom. The van der Waals surface area contributed by atoms with Gasteiger partial charge in [0.25, 0.3) is 0 Å². The summed E-state index contributed by atoms with van der Waals surface area (Å²) < 4.78 is 0. The molecule has 0 aliphatic heterocycles. The van der Waals surface area contributed by atoms with Gasteiger partial charge in [-0.2, -0.15) is 10.2 Å². The molecule has 0 unspecified atom stereocenters. The fourth-order valence-electron chi connectivity index (χ4n) is 1.59. The summed E-state index contributed by atoms with van der Waals surface area (Å²) in [5.41, 5.74) is 0.0273. The Balaban J connectivity index is 4.26. The quantitative estimate of drug-likeness (QED) is 0.557. The lowest BCUT2D eigenvalue weighted by molar-refractivity contribution is 0.383. The van der Waals surface area contributed by atoms with Gasteiger partial charge < -0.3 is 0 Å². The van der Waals surface area contributed by atoms with Gasteiger partial charge in [-0.05, 0) is 40.5 Å². The first kappa shape index (κ1) is 13.6. The van der Waals surface area contributed by atoms with E-state index < -0.39 is 0 Å². The molecule has 0 N–H and O–H groups in total. The van der Waals surface area contributed by atoms with Crippen molar-refractivity contribution in [3.05, 3.63) is 0 Å². The molecule has 84 valence electrons. The molecule has 0 fully saturated rings. The molecule has 0 aliphatic rings. The van der Waals surface area contributed by atoms with Gasteiger partial charge in [-0.15, -0.1) is 0 Å². The Bertz CT molecular complexity index is 161. The molecule has 0 aromatic rings. The maximum Gasteiger partial charge on any atom is 0.0760 e. The van der Waals surface area contributed by atoms with E-state index >= 15 is 0 Å². The van der Waals surface area contributed by atoms with Crippen LogP contribution in [-0.4, -0.2) is 11.1 Å². The van der Waals surface area contributed by atoms with Crippen molar-refractivity contribution in [2.75, 3.05) is 0 Å². The first-order valence-electron chi connectivity index (χ1n) is 5.77. The fourth-order valence-corrected chi connectivity index (χ4v) is 1.59. The Morgan fingerprint density at radius 3 is 1.21 bits per heavy atom. The van der Waals surface area contributed by atoms with Crippen molar-refractivity contribution < 1.29 is 0 Å². The molecule has 0 heterocycles. The number of hydrogen-bond acceptors (Lipinski definition) is 2. The smallest absolute Gasteiger partial charge is 0.0760 e. The largest absolute Gasteiger partial charge is 0.187 e. The second-order valence-electron chi connectivity index (χ2n) is 5.32. The third-order valence-corrected chi connectivity index (χ3v) is 2.32. The van der Waals surface area contributed by atoms with Crippen LogP contribution in [0, 0.1) is 0 Å². The molecule has 0 rings (SSSR count). The van der Waals surface area contributed by atoms with Crippen molar-refractivity contribution in [2.45, 2.75) is 78.3 Å². The lowest BCUT2D eigenvalue weighted by Crippen LogP contribution is -2.20. The van der Waals surface area contributed by atoms with Crippen molar-refractivity contribution in [1.29, 1.82) is 0 Å². The minimum atomic E-state index is 0.0137. The molecular weight excluding hydrogens is 172 g/mol. The third kappa shape index (κ3) is 6.11. The van der Waals surface area contributed by atoms with Crippen molar-refractivity contribution in [3.63, 3.8) is 0 Å². The minimum absolute atomic E-state index is 0.0137. The first-order valence-corrected chi connectivity index (χ1v) is 5.77. The van der Waals surface area contributed by atoms with Crippen LogP contribution in [0.25, 0.3) is 0 Å². The third-order valence-electron chi connectivity index (χ3n) is 2.32. The lowest BCUT2D eigenvalue weighted by Gasteiger charge is -2.22. The van der Waals surface area contributed by atoms with Gasteiger partial charge in [0, 0.05) is 0 Å². The SMILES string of the molecule is CCCC(C)(C)/N=N/C(C)(C)CCC. The number of hydrogen-bond donors (Lipinski definition) is 0. The van der Waals surface area contributed by atoms with Gasteiger partial charge in [0.2, 0.25) is 0 Å². The highest BCUT2D eigenvalue weighted by molar-refractivity contribution is 4.79. The summed E-state index contributed by atoms with van der Waals surface area (Å²) in [6.07, 6.45) is 4.55. The molecule has 0 saturated heterocycles. The van der Waals surface area contributed by atoms with Crippen molar-refractivity contribution >= 4 is 0 Å². The van der Waals surface area contributed by atoms with E-state index in [2.05, 4.69) is 51.8 Å². The number of nitrogens with zero attached hydrogens (tertiary/aromatic N) is 2. The van der Waals surface area contributed by atoms with Crippen LogP contribution in [0.15, 0.2) is 10.2 Å². The predicted octanol–water partition coefficient (Wildman–Crippen LogP) is 4.60. The number of rotatable bonds is 6. The molecule has 0 atom stereocenters. The van der Waals surface area contributed by atoms with Crippen LogP contribution < -0.4 is 0 Å². The molecule has 14 heavy (non-hydrogen) atoms. The van der Waals surface area contributed by atoms with Crippen LogP contribution in [0.5, 0.6) is 0 Å². The summed E-state index contributed by atoms with van der Waals surface area (Å²) in [7, 11) is 0. The molecule has 0 bridgehead atoms. The number of azo groups is 1. The second kappa shape index (κ2) is 5.47. The van der Waals surface area contributed by atoms with Crippen LogP contribution >= 0.6 is 0 Å². The molecule has 0 aromatic heterocycles. The molecule has 0 spiro atoms. The van der Waals surface area contributed by atoms with Gasteiger partial charge in [-0.25, -0.2) is 0 Å². The normalized spacial score (nSPS) is 13.9. The molecule has 0 amide bonds. The minimum Gasteiger partial charge on any atom is -0.187 e. The van der Waals surface area contributed by atoms with E-state index in [1.807, 2.05) is 0 Å². The summed E-state index contributed by atoms with van der Waals surface area (Å²) >= 11 is 0. The highest BCUT2D eigenvalue weighted by atomic mass is 15.2. The summed E-state index contributed by atoms with van der Waals surface area (Å²) in [5.74, 6) is 0. The molecule has 0 saturated carbocycles. The Morgan fingerprint density at radius 1 is 0.714 bits per heavy atom. The van der Waals surface area contributed by atoms with E-state index in [1.165, 1.54) is 12.8 Å². The van der Waals surface area contributed by atoms with Gasteiger partial charge in [-0.1, -0.05) is 26.7 Å². The van der Waals surface area contributed by atoms with E-state index in [0.717, 1.165) is 12.8 Å². The van der Waals surface area contributed by atoms with Crippen LogP contribution in [-0.2, 0) is 0 Å². The van der Waals surface area contributed by atoms with Gasteiger partial charge in [0.1, 0.15) is 0 Å². The Kier molecular flexibility index (Phi) is 5.32. The van der Waals surface area contributed by atoms with Crippen molar-refractivity contribution in [1.82, 2.24) is 0 Å². The molecule has 0 aliphatic carbocycles. The Labute approximate surface area is 89.2 Å². The zero-order valence-corrected chi connectivity index (χ0v) is 10.7. The maximum absolute atomic E-state index is 4.46. The Hall–Kier alpha value is -0.400. The van der Waals surface area contributed by atoms with E-state index in [0.29, 0.717) is 0 Å². The van der Waals surface area contributed by atoms with Crippen molar-refractivity contribution in [3.8, 4) is 0 Å². The molecule has 2 heteroatoms. The van der Waals surface area contributed by atoms with Gasteiger partial charge in [-0.3, -0.25) is 0 Å². The van der Waals surface area contributed by atoms with Crippen LogP contribution in [0.3, 0.4) is 0 Å². The monoisotopic (exact) mass is 198 g/mol. The zero-order valence-electron chi connectivity index (χ0n) is 10.7. The van der Waals surface area contributed by atoms with Crippen LogP contribution in [0.1, 0.15) is 67.2 Å². The maximum atomic E-state index is 4.46. The lowest BCUT2D eigenvalue weighted by atomic mass is 9.99. The summed E-state index contributed by atoms with van der Waals surface area (Å²) in [4.78, 5) is 0. The molecule has 0 aromatic carbocycles. The summed E-state index contributed by atoms with van der Waals surface area (Å²) in [6.45, 7) is 13.0. The zero-order chi connectivity index (χ0) is 11.2.